The zero-order chi connectivity index (χ0) is 14.5. The summed E-state index contributed by atoms with van der Waals surface area (Å²) in [6.45, 7) is 3.10. The molecule has 1 aromatic heterocycles. The van der Waals surface area contributed by atoms with Gasteiger partial charge >= 0.3 is 5.97 Å². The van der Waals surface area contributed by atoms with E-state index in [2.05, 4.69) is 10.2 Å². The summed E-state index contributed by atoms with van der Waals surface area (Å²) in [4.78, 5) is 25.6. The van der Waals surface area contributed by atoms with E-state index in [0.29, 0.717) is 19.7 Å². The molecule has 0 N–H and O–H groups in total. The number of esters is 1. The first kappa shape index (κ1) is 14.7. The van der Waals surface area contributed by atoms with Gasteiger partial charge in [0.25, 0.3) is 5.91 Å². The normalized spacial score (nSPS) is 18.7. The summed E-state index contributed by atoms with van der Waals surface area (Å²) in [5.41, 5.74) is 0.235. The first-order valence-electron chi connectivity index (χ1n) is 6.57. The number of aromatic nitrogens is 2. The lowest BCUT2D eigenvalue weighted by atomic mass is 9.98. The van der Waals surface area contributed by atoms with Gasteiger partial charge < -0.3 is 9.64 Å². The average molecular weight is 298 g/mol. The predicted octanol–water partition coefficient (Wildman–Crippen LogP) is 1.55. The maximum absolute atomic E-state index is 12.3. The summed E-state index contributed by atoms with van der Waals surface area (Å²) >= 11 is 5.64. The second-order valence-corrected chi connectivity index (χ2v) is 4.97. The maximum Gasteiger partial charge on any atom is 0.310 e. The molecule has 1 amide bonds. The lowest BCUT2D eigenvalue weighted by Gasteiger charge is -2.31. The maximum atomic E-state index is 12.3. The van der Waals surface area contributed by atoms with E-state index in [-0.39, 0.29) is 28.6 Å². The topological polar surface area (TPSA) is 72.4 Å². The van der Waals surface area contributed by atoms with E-state index < -0.39 is 0 Å². The summed E-state index contributed by atoms with van der Waals surface area (Å²) < 4.78 is 5.01. The number of carbonyl (C=O) groups is 2. The molecule has 2 rings (SSSR count). The molecule has 1 fully saturated rings. The van der Waals surface area contributed by atoms with Gasteiger partial charge in [0.15, 0.2) is 10.8 Å². The molecule has 1 atom stereocenters. The molecule has 1 saturated heterocycles. The highest BCUT2D eigenvalue weighted by molar-refractivity contribution is 6.29. The van der Waals surface area contributed by atoms with Crippen LogP contribution in [0.3, 0.4) is 0 Å². The Balaban J connectivity index is 2.03. The van der Waals surface area contributed by atoms with Crippen LogP contribution in [0.1, 0.15) is 30.3 Å². The number of amides is 1. The van der Waals surface area contributed by atoms with E-state index in [1.165, 1.54) is 12.1 Å². The number of ether oxygens (including phenoxy) is 1. The van der Waals surface area contributed by atoms with Crippen LogP contribution in [0.4, 0.5) is 0 Å². The number of nitrogens with zero attached hydrogens (tertiary/aromatic N) is 3. The van der Waals surface area contributed by atoms with Gasteiger partial charge in [-0.05, 0) is 31.9 Å². The van der Waals surface area contributed by atoms with E-state index in [4.69, 9.17) is 16.3 Å². The molecule has 0 aliphatic carbocycles. The molecule has 7 heteroatoms. The van der Waals surface area contributed by atoms with Crippen molar-refractivity contribution >= 4 is 23.5 Å². The minimum absolute atomic E-state index is 0.233. The van der Waals surface area contributed by atoms with Gasteiger partial charge in [0.2, 0.25) is 0 Å². The lowest BCUT2D eigenvalue weighted by molar-refractivity contribution is -0.149. The fourth-order valence-electron chi connectivity index (χ4n) is 2.21. The highest BCUT2D eigenvalue weighted by Crippen LogP contribution is 2.19. The molecule has 0 saturated carbocycles. The smallest absolute Gasteiger partial charge is 0.310 e. The molecular weight excluding hydrogens is 282 g/mol. The van der Waals surface area contributed by atoms with Gasteiger partial charge in [-0.1, -0.05) is 11.6 Å². The highest BCUT2D eigenvalue weighted by Gasteiger charge is 2.30. The van der Waals surface area contributed by atoms with Crippen LogP contribution in [-0.2, 0) is 9.53 Å². The van der Waals surface area contributed by atoms with Crippen molar-refractivity contribution in [1.82, 2.24) is 15.1 Å². The minimum atomic E-state index is -0.257. The molecule has 108 valence electrons. The standard InChI is InChI=1S/C13H16ClN3O3/c1-2-20-13(19)9-4-3-7-17(8-9)12(18)10-5-6-11(14)16-15-10/h5-6,9H,2-4,7-8H2,1H3. The van der Waals surface area contributed by atoms with Gasteiger partial charge in [-0.25, -0.2) is 0 Å². The Labute approximate surface area is 122 Å². The van der Waals surface area contributed by atoms with E-state index in [1.807, 2.05) is 0 Å². The van der Waals surface area contributed by atoms with Crippen molar-refractivity contribution < 1.29 is 14.3 Å². The van der Waals surface area contributed by atoms with Gasteiger partial charge in [-0.15, -0.1) is 10.2 Å². The summed E-state index contributed by atoms with van der Waals surface area (Å²) in [5.74, 6) is -0.733. The Morgan fingerprint density at radius 3 is 2.90 bits per heavy atom. The quantitative estimate of drug-likeness (QED) is 0.791. The Bertz CT molecular complexity index is 492. The van der Waals surface area contributed by atoms with Crippen molar-refractivity contribution in [3.8, 4) is 0 Å². The fourth-order valence-corrected chi connectivity index (χ4v) is 2.31. The van der Waals surface area contributed by atoms with Crippen molar-refractivity contribution in [2.75, 3.05) is 19.7 Å². The third kappa shape index (κ3) is 3.45. The van der Waals surface area contributed by atoms with E-state index in [9.17, 15) is 9.59 Å². The molecule has 20 heavy (non-hydrogen) atoms. The number of likely N-dealkylation sites (tertiary alicyclic amines) is 1. The number of hydrogen-bond donors (Lipinski definition) is 0. The lowest BCUT2D eigenvalue weighted by Crippen LogP contribution is -2.43. The molecule has 1 aliphatic heterocycles. The summed E-state index contributed by atoms with van der Waals surface area (Å²) in [7, 11) is 0. The number of rotatable bonds is 3. The van der Waals surface area contributed by atoms with Crippen LogP contribution in [0.25, 0.3) is 0 Å². The van der Waals surface area contributed by atoms with Crippen LogP contribution in [0, 0.1) is 5.92 Å². The zero-order valence-corrected chi connectivity index (χ0v) is 12.0. The Kier molecular flexibility index (Phi) is 4.89. The SMILES string of the molecule is CCOC(=O)C1CCCN(C(=O)c2ccc(Cl)nn2)C1. The van der Waals surface area contributed by atoms with E-state index in [1.54, 1.807) is 11.8 Å². The van der Waals surface area contributed by atoms with Gasteiger partial charge in [0.05, 0.1) is 12.5 Å². The fraction of sp³-hybridized carbons (Fsp3) is 0.538. The third-order valence-electron chi connectivity index (χ3n) is 3.18. The van der Waals surface area contributed by atoms with Crippen molar-refractivity contribution in [2.45, 2.75) is 19.8 Å². The van der Waals surface area contributed by atoms with Crippen LogP contribution < -0.4 is 0 Å². The second kappa shape index (κ2) is 6.65. The van der Waals surface area contributed by atoms with Crippen LogP contribution >= 0.6 is 11.6 Å². The number of hydrogen-bond acceptors (Lipinski definition) is 5. The molecule has 0 bridgehead atoms. The molecule has 6 nitrogen and oxygen atoms in total. The van der Waals surface area contributed by atoms with Gasteiger partial charge in [-0.3, -0.25) is 9.59 Å². The second-order valence-electron chi connectivity index (χ2n) is 4.58. The van der Waals surface area contributed by atoms with E-state index in [0.717, 1.165) is 12.8 Å². The van der Waals surface area contributed by atoms with Gasteiger partial charge in [0.1, 0.15) is 0 Å². The van der Waals surface area contributed by atoms with Crippen molar-refractivity contribution in [1.29, 1.82) is 0 Å². The number of carbonyl (C=O) groups excluding carboxylic acids is 2. The number of halogens is 1. The third-order valence-corrected chi connectivity index (χ3v) is 3.38. The largest absolute Gasteiger partial charge is 0.466 e. The van der Waals surface area contributed by atoms with Gasteiger partial charge in [0, 0.05) is 13.1 Å². The first-order chi connectivity index (χ1) is 9.61. The molecule has 2 heterocycles. The van der Waals surface area contributed by atoms with Crippen molar-refractivity contribution in [3.63, 3.8) is 0 Å². The van der Waals surface area contributed by atoms with E-state index >= 15 is 0 Å². The van der Waals surface area contributed by atoms with Crippen molar-refractivity contribution in [2.24, 2.45) is 5.92 Å². The monoisotopic (exact) mass is 297 g/mol. The molecular formula is C13H16ClN3O3. The average Bonchev–Trinajstić information content (AvgIpc) is 2.48. The first-order valence-corrected chi connectivity index (χ1v) is 6.94. The molecule has 1 aromatic rings. The summed E-state index contributed by atoms with van der Waals surface area (Å²) in [6.07, 6.45) is 1.52. The molecule has 0 radical (unpaired) electrons. The molecule has 0 spiro atoms. The Morgan fingerprint density at radius 1 is 1.45 bits per heavy atom. The molecule has 1 aliphatic rings. The number of piperidine rings is 1. The summed E-state index contributed by atoms with van der Waals surface area (Å²) in [6, 6.07) is 3.06. The van der Waals surface area contributed by atoms with Gasteiger partial charge in [-0.2, -0.15) is 0 Å². The predicted molar refractivity (Wildman–Crippen MR) is 72.3 cm³/mol. The summed E-state index contributed by atoms with van der Waals surface area (Å²) in [5, 5.41) is 7.67. The van der Waals surface area contributed by atoms with Crippen LogP contribution in [0.15, 0.2) is 12.1 Å². The van der Waals surface area contributed by atoms with Crippen molar-refractivity contribution in [3.05, 3.63) is 23.0 Å². The molecule has 0 aromatic carbocycles. The van der Waals surface area contributed by atoms with Crippen LogP contribution in [0.2, 0.25) is 5.15 Å². The molecule has 1 unspecified atom stereocenters. The zero-order valence-electron chi connectivity index (χ0n) is 11.2. The Morgan fingerprint density at radius 2 is 2.25 bits per heavy atom. The Hall–Kier alpha value is -1.69. The van der Waals surface area contributed by atoms with Crippen LogP contribution in [0.5, 0.6) is 0 Å². The minimum Gasteiger partial charge on any atom is -0.466 e. The van der Waals surface area contributed by atoms with Crippen LogP contribution in [-0.4, -0.2) is 46.7 Å². The highest BCUT2D eigenvalue weighted by atomic mass is 35.5.